The molecule has 0 saturated carbocycles. The molecule has 1 amide bonds. The van der Waals surface area contributed by atoms with Crippen molar-refractivity contribution in [1.82, 2.24) is 0 Å². The molecule has 0 fully saturated rings. The van der Waals surface area contributed by atoms with Crippen molar-refractivity contribution >= 4 is 34.9 Å². The van der Waals surface area contributed by atoms with Crippen LogP contribution in [0.2, 0.25) is 5.02 Å². The molecule has 0 saturated heterocycles. The maximum atomic E-state index is 12.1. The molecule has 148 valence electrons. The van der Waals surface area contributed by atoms with Crippen LogP contribution in [-0.2, 0) is 14.3 Å². The number of nitrogens with zero attached hydrogens (tertiary/aromatic N) is 1. The first-order valence-corrected chi connectivity index (χ1v) is 8.69. The zero-order valence-electron chi connectivity index (χ0n) is 15.5. The number of non-ortho nitro benzene ring substituents is 1. The fraction of sp³-hybridized carbons (Fsp3) is 0.263. The summed E-state index contributed by atoms with van der Waals surface area (Å²) in [5.74, 6) is -0.863. The number of benzene rings is 2. The third-order valence-electron chi connectivity index (χ3n) is 3.82. The van der Waals surface area contributed by atoms with Gasteiger partial charge in [-0.25, -0.2) is 4.79 Å². The Bertz CT molecular complexity index is 915. The summed E-state index contributed by atoms with van der Waals surface area (Å²) in [7, 11) is 0. The summed E-state index contributed by atoms with van der Waals surface area (Å²) >= 11 is 5.88. The summed E-state index contributed by atoms with van der Waals surface area (Å²) in [6.07, 6.45) is -0.938. The minimum Gasteiger partial charge on any atom is -0.479 e. The lowest BCUT2D eigenvalue weighted by molar-refractivity contribution is -0.384. The highest BCUT2D eigenvalue weighted by molar-refractivity contribution is 6.30. The maximum absolute atomic E-state index is 12.1. The topological polar surface area (TPSA) is 108 Å². The van der Waals surface area contributed by atoms with Crippen molar-refractivity contribution < 1.29 is 24.0 Å². The molecule has 0 bridgehead atoms. The van der Waals surface area contributed by atoms with Gasteiger partial charge in [0, 0.05) is 17.2 Å². The second-order valence-electron chi connectivity index (χ2n) is 6.08. The van der Waals surface area contributed by atoms with E-state index in [0.29, 0.717) is 16.3 Å². The summed E-state index contributed by atoms with van der Waals surface area (Å²) in [6, 6.07) is 9.07. The number of hydrogen-bond donors (Lipinski definition) is 1. The van der Waals surface area contributed by atoms with Gasteiger partial charge in [-0.2, -0.15) is 0 Å². The van der Waals surface area contributed by atoms with E-state index in [1.54, 1.807) is 32.0 Å². The summed E-state index contributed by atoms with van der Waals surface area (Å²) in [5, 5.41) is 13.9. The average Bonchev–Trinajstić information content (AvgIpc) is 2.63. The minimum atomic E-state index is -0.938. The number of aryl methyl sites for hydroxylation is 2. The van der Waals surface area contributed by atoms with E-state index in [9.17, 15) is 19.7 Å². The molecule has 0 aliphatic heterocycles. The minimum absolute atomic E-state index is 0.154. The van der Waals surface area contributed by atoms with E-state index >= 15 is 0 Å². The van der Waals surface area contributed by atoms with E-state index < -0.39 is 29.5 Å². The average molecular weight is 407 g/mol. The predicted octanol–water partition coefficient (Wildman–Crippen LogP) is 3.81. The monoisotopic (exact) mass is 406 g/mol. The van der Waals surface area contributed by atoms with Crippen LogP contribution in [0.1, 0.15) is 18.1 Å². The lowest BCUT2D eigenvalue weighted by atomic mass is 10.2. The normalized spacial score (nSPS) is 11.4. The predicted molar refractivity (Wildman–Crippen MR) is 104 cm³/mol. The van der Waals surface area contributed by atoms with Gasteiger partial charge in [0.25, 0.3) is 11.6 Å². The molecule has 2 rings (SSSR count). The highest BCUT2D eigenvalue weighted by Gasteiger charge is 2.19. The van der Waals surface area contributed by atoms with Crippen LogP contribution in [-0.4, -0.2) is 29.5 Å². The van der Waals surface area contributed by atoms with Gasteiger partial charge in [0.1, 0.15) is 5.75 Å². The van der Waals surface area contributed by atoms with Crippen LogP contribution >= 0.6 is 11.6 Å². The number of esters is 1. The molecule has 0 heterocycles. The first-order valence-electron chi connectivity index (χ1n) is 8.31. The first kappa shape index (κ1) is 21.2. The van der Waals surface area contributed by atoms with Crippen molar-refractivity contribution in [1.29, 1.82) is 0 Å². The van der Waals surface area contributed by atoms with Gasteiger partial charge in [-0.15, -0.1) is 0 Å². The largest absolute Gasteiger partial charge is 0.479 e. The van der Waals surface area contributed by atoms with Gasteiger partial charge < -0.3 is 14.8 Å². The molecule has 2 aromatic rings. The quantitative estimate of drug-likeness (QED) is 0.425. The Morgan fingerprint density at radius 3 is 2.54 bits per heavy atom. The van der Waals surface area contributed by atoms with Gasteiger partial charge >= 0.3 is 5.97 Å². The first-order chi connectivity index (χ1) is 13.2. The number of amides is 1. The summed E-state index contributed by atoms with van der Waals surface area (Å²) in [4.78, 5) is 34.3. The molecule has 1 N–H and O–H groups in total. The number of ether oxygens (including phenoxy) is 2. The lowest BCUT2D eigenvalue weighted by Gasteiger charge is -2.16. The van der Waals surface area contributed by atoms with Gasteiger partial charge in [0.2, 0.25) is 0 Å². The van der Waals surface area contributed by atoms with Gasteiger partial charge in [0.15, 0.2) is 12.7 Å². The van der Waals surface area contributed by atoms with Crippen molar-refractivity contribution in [3.8, 4) is 5.75 Å². The van der Waals surface area contributed by atoms with E-state index in [0.717, 1.165) is 5.56 Å². The molecular formula is C19H19ClN2O6. The molecule has 0 aromatic heterocycles. The van der Waals surface area contributed by atoms with E-state index in [4.69, 9.17) is 21.1 Å². The van der Waals surface area contributed by atoms with Crippen molar-refractivity contribution in [2.45, 2.75) is 26.9 Å². The number of nitrogens with one attached hydrogen (secondary N) is 1. The Morgan fingerprint density at radius 1 is 1.18 bits per heavy atom. The van der Waals surface area contributed by atoms with Crippen LogP contribution < -0.4 is 10.1 Å². The molecule has 0 spiro atoms. The van der Waals surface area contributed by atoms with Crippen LogP contribution in [0.25, 0.3) is 0 Å². The van der Waals surface area contributed by atoms with Crippen LogP contribution in [0.3, 0.4) is 0 Å². The molecule has 1 atom stereocenters. The number of rotatable bonds is 7. The molecule has 28 heavy (non-hydrogen) atoms. The third kappa shape index (κ3) is 5.68. The summed E-state index contributed by atoms with van der Waals surface area (Å²) < 4.78 is 10.5. The van der Waals surface area contributed by atoms with Gasteiger partial charge in [-0.05, 0) is 50.1 Å². The third-order valence-corrected chi connectivity index (χ3v) is 4.06. The zero-order valence-corrected chi connectivity index (χ0v) is 16.3. The molecule has 0 aliphatic carbocycles. The second kappa shape index (κ2) is 9.18. The van der Waals surface area contributed by atoms with Gasteiger partial charge in [0.05, 0.1) is 10.6 Å². The number of carbonyl (C=O) groups is 2. The molecule has 2 aromatic carbocycles. The standard InChI is InChI=1S/C19H19ClN2O6/c1-11-4-6-15(22(25)26)9-16(11)21-18(23)10-27-19(24)13(3)28-17-7-5-14(20)8-12(17)2/h4-9,13H,10H2,1-3H3,(H,21,23). The fourth-order valence-corrected chi connectivity index (χ4v) is 2.51. The van der Waals surface area contributed by atoms with Crippen LogP contribution in [0.5, 0.6) is 5.75 Å². The number of hydrogen-bond acceptors (Lipinski definition) is 6. The van der Waals surface area contributed by atoms with E-state index in [1.807, 2.05) is 0 Å². The number of carbonyl (C=O) groups excluding carboxylic acids is 2. The van der Waals surface area contributed by atoms with Crippen molar-refractivity contribution in [2.24, 2.45) is 0 Å². The fourth-order valence-electron chi connectivity index (χ4n) is 2.28. The molecule has 0 radical (unpaired) electrons. The highest BCUT2D eigenvalue weighted by Crippen LogP contribution is 2.23. The maximum Gasteiger partial charge on any atom is 0.347 e. The highest BCUT2D eigenvalue weighted by atomic mass is 35.5. The van der Waals surface area contributed by atoms with E-state index in [-0.39, 0.29) is 11.4 Å². The second-order valence-corrected chi connectivity index (χ2v) is 6.52. The Hall–Kier alpha value is -3.13. The Morgan fingerprint density at radius 2 is 1.89 bits per heavy atom. The molecule has 8 nitrogen and oxygen atoms in total. The number of nitro benzene ring substituents is 1. The Balaban J connectivity index is 1.90. The van der Waals surface area contributed by atoms with Crippen molar-refractivity contribution in [2.75, 3.05) is 11.9 Å². The molecular weight excluding hydrogens is 388 g/mol. The van der Waals surface area contributed by atoms with E-state index in [2.05, 4.69) is 5.32 Å². The number of halogens is 1. The number of nitro groups is 1. The van der Waals surface area contributed by atoms with E-state index in [1.165, 1.54) is 25.1 Å². The molecule has 9 heteroatoms. The SMILES string of the molecule is Cc1ccc([N+](=O)[O-])cc1NC(=O)COC(=O)C(C)Oc1ccc(Cl)cc1C. The lowest BCUT2D eigenvalue weighted by Crippen LogP contribution is -2.30. The van der Waals surface area contributed by atoms with Crippen LogP contribution in [0, 0.1) is 24.0 Å². The van der Waals surface area contributed by atoms with Crippen LogP contribution in [0.4, 0.5) is 11.4 Å². The number of anilines is 1. The Labute approximate surface area is 166 Å². The Kier molecular flexibility index (Phi) is 6.94. The summed E-state index contributed by atoms with van der Waals surface area (Å²) in [5.41, 5.74) is 1.51. The van der Waals surface area contributed by atoms with Gasteiger partial charge in [-0.1, -0.05) is 17.7 Å². The van der Waals surface area contributed by atoms with Crippen molar-refractivity contribution in [3.05, 3.63) is 62.7 Å². The molecule has 0 aliphatic rings. The summed E-state index contributed by atoms with van der Waals surface area (Å²) in [6.45, 7) is 4.43. The van der Waals surface area contributed by atoms with Crippen molar-refractivity contribution in [3.63, 3.8) is 0 Å². The van der Waals surface area contributed by atoms with Crippen LogP contribution in [0.15, 0.2) is 36.4 Å². The molecule has 1 unspecified atom stereocenters. The smallest absolute Gasteiger partial charge is 0.347 e. The zero-order chi connectivity index (χ0) is 20.8. The van der Waals surface area contributed by atoms with Gasteiger partial charge in [-0.3, -0.25) is 14.9 Å².